The van der Waals surface area contributed by atoms with Crippen LogP contribution in [0.2, 0.25) is 0 Å². The molecule has 0 aliphatic heterocycles. The third-order valence-electron chi connectivity index (χ3n) is 6.43. The molecule has 0 bridgehead atoms. The van der Waals surface area contributed by atoms with Crippen molar-refractivity contribution in [1.29, 1.82) is 5.26 Å². The van der Waals surface area contributed by atoms with Crippen LogP contribution in [0.5, 0.6) is 0 Å². The first-order valence-corrected chi connectivity index (χ1v) is 9.58. The van der Waals surface area contributed by atoms with E-state index in [0.717, 1.165) is 30.6 Å². The van der Waals surface area contributed by atoms with Gasteiger partial charge < -0.3 is 0 Å². The van der Waals surface area contributed by atoms with Gasteiger partial charge in [-0.25, -0.2) is 0 Å². The summed E-state index contributed by atoms with van der Waals surface area (Å²) in [4.78, 5) is 0. The van der Waals surface area contributed by atoms with Gasteiger partial charge in [0, 0.05) is 0 Å². The first-order valence-electron chi connectivity index (χ1n) is 9.58. The minimum absolute atomic E-state index is 0.00696. The summed E-state index contributed by atoms with van der Waals surface area (Å²) in [5, 5.41) is 9.25. The largest absolute Gasteiger partial charge is 0.198 e. The molecule has 0 atom stereocenters. The van der Waals surface area contributed by atoms with Crippen LogP contribution in [0.1, 0.15) is 97.3 Å². The Kier molecular flexibility index (Phi) is 6.59. The molecule has 2 fully saturated rings. The van der Waals surface area contributed by atoms with Gasteiger partial charge >= 0.3 is 0 Å². The highest BCUT2D eigenvalue weighted by Crippen LogP contribution is 2.45. The number of nitrogens with zero attached hydrogens (tertiary/aromatic N) is 1. The van der Waals surface area contributed by atoms with Crippen LogP contribution in [0.25, 0.3) is 0 Å². The molecule has 2 saturated carbocycles. The van der Waals surface area contributed by atoms with Gasteiger partial charge in [-0.2, -0.15) is 5.26 Å². The molecule has 2 rings (SSSR count). The first-order chi connectivity index (χ1) is 10.2. The molecule has 2 aliphatic rings. The fourth-order valence-corrected chi connectivity index (χ4v) is 4.67. The van der Waals surface area contributed by atoms with Gasteiger partial charge in [0.2, 0.25) is 0 Å². The molecule has 0 heterocycles. The lowest BCUT2D eigenvalue weighted by atomic mass is 9.65. The van der Waals surface area contributed by atoms with E-state index in [9.17, 15) is 5.26 Å². The van der Waals surface area contributed by atoms with Crippen LogP contribution in [0, 0.1) is 34.5 Å². The van der Waals surface area contributed by atoms with Crippen molar-refractivity contribution in [2.75, 3.05) is 0 Å². The van der Waals surface area contributed by atoms with Crippen LogP contribution in [-0.2, 0) is 0 Å². The van der Waals surface area contributed by atoms with Crippen molar-refractivity contribution in [2.45, 2.75) is 97.3 Å². The molecule has 0 aromatic rings. The van der Waals surface area contributed by atoms with Crippen LogP contribution in [0.4, 0.5) is 0 Å². The van der Waals surface area contributed by atoms with Crippen molar-refractivity contribution >= 4 is 0 Å². The molecule has 0 aromatic carbocycles. The summed E-state index contributed by atoms with van der Waals surface area (Å²) in [5.41, 5.74) is -0.00696. The van der Waals surface area contributed by atoms with Crippen molar-refractivity contribution in [3.05, 3.63) is 0 Å². The van der Waals surface area contributed by atoms with Crippen molar-refractivity contribution in [1.82, 2.24) is 0 Å². The Hall–Kier alpha value is -0.510. The average molecular weight is 290 g/mol. The summed E-state index contributed by atoms with van der Waals surface area (Å²) in [7, 11) is 0. The summed E-state index contributed by atoms with van der Waals surface area (Å²) in [6, 6.07) is 2.54. The van der Waals surface area contributed by atoms with E-state index in [1.165, 1.54) is 70.6 Å². The topological polar surface area (TPSA) is 23.8 Å². The molecule has 1 heteroatoms. The maximum Gasteiger partial charge on any atom is 0.0686 e. The normalized spacial score (nSPS) is 37.1. The molecule has 0 unspecified atom stereocenters. The summed E-state index contributed by atoms with van der Waals surface area (Å²) in [6.07, 6.45) is 18.0. The Morgan fingerprint density at radius 1 is 0.905 bits per heavy atom. The molecule has 1 nitrogen and oxygen atoms in total. The Bertz CT molecular complexity index is 324. The maximum atomic E-state index is 9.25. The number of rotatable bonds is 6. The first kappa shape index (κ1) is 16.9. The number of hydrogen-bond donors (Lipinski definition) is 0. The lowest BCUT2D eigenvalue weighted by Crippen LogP contribution is -2.29. The average Bonchev–Trinajstić information content (AvgIpc) is 2.53. The van der Waals surface area contributed by atoms with Crippen LogP contribution >= 0.6 is 0 Å². The van der Waals surface area contributed by atoms with Gasteiger partial charge in [-0.3, -0.25) is 0 Å². The molecule has 0 aromatic heterocycles. The Labute approximate surface area is 132 Å². The summed E-state index contributed by atoms with van der Waals surface area (Å²) < 4.78 is 0. The van der Waals surface area contributed by atoms with E-state index in [1.807, 2.05) is 0 Å². The second-order valence-corrected chi connectivity index (χ2v) is 8.14. The highest BCUT2D eigenvalue weighted by atomic mass is 14.4. The van der Waals surface area contributed by atoms with Gasteiger partial charge in [0.05, 0.1) is 11.5 Å². The zero-order chi connectivity index (χ0) is 15.1. The van der Waals surface area contributed by atoms with E-state index in [2.05, 4.69) is 19.9 Å². The van der Waals surface area contributed by atoms with Gasteiger partial charge in [-0.1, -0.05) is 51.9 Å². The molecular formula is C20H35N. The lowest BCUT2D eigenvalue weighted by molar-refractivity contribution is 0.127. The van der Waals surface area contributed by atoms with Crippen LogP contribution in [0.3, 0.4) is 0 Å². The number of unbranched alkanes of at least 4 members (excludes halogenated alkanes) is 3. The molecule has 0 spiro atoms. The second-order valence-electron chi connectivity index (χ2n) is 8.14. The fraction of sp³-hybridized carbons (Fsp3) is 0.950. The molecule has 0 amide bonds. The molecule has 0 radical (unpaired) electrons. The Balaban J connectivity index is 1.64. The zero-order valence-corrected chi connectivity index (χ0v) is 14.4. The van der Waals surface area contributed by atoms with Crippen molar-refractivity contribution in [3.8, 4) is 6.07 Å². The summed E-state index contributed by atoms with van der Waals surface area (Å²) >= 11 is 0. The van der Waals surface area contributed by atoms with E-state index in [1.54, 1.807) is 0 Å². The maximum absolute atomic E-state index is 9.25. The van der Waals surface area contributed by atoms with E-state index in [0.29, 0.717) is 0 Å². The summed E-state index contributed by atoms with van der Waals surface area (Å²) in [5.74, 6) is 2.96. The predicted molar refractivity (Wildman–Crippen MR) is 89.9 cm³/mol. The van der Waals surface area contributed by atoms with Crippen molar-refractivity contribution in [3.63, 3.8) is 0 Å². The van der Waals surface area contributed by atoms with Gasteiger partial charge in [0.15, 0.2) is 0 Å². The highest BCUT2D eigenvalue weighted by molar-refractivity contribution is 4.99. The second kappa shape index (κ2) is 8.21. The van der Waals surface area contributed by atoms with Crippen molar-refractivity contribution in [2.24, 2.45) is 23.2 Å². The SMILES string of the molecule is CCCCCCC1CCC(C2CCC(C)(C#N)CC2)CC1. The van der Waals surface area contributed by atoms with Gasteiger partial charge in [-0.05, 0) is 63.2 Å². The van der Waals surface area contributed by atoms with Gasteiger partial charge in [0.1, 0.15) is 0 Å². The minimum atomic E-state index is -0.00696. The third kappa shape index (κ3) is 5.01. The quantitative estimate of drug-likeness (QED) is 0.513. The van der Waals surface area contributed by atoms with E-state index in [4.69, 9.17) is 0 Å². The third-order valence-corrected chi connectivity index (χ3v) is 6.43. The molecular weight excluding hydrogens is 254 g/mol. The Morgan fingerprint density at radius 2 is 1.52 bits per heavy atom. The predicted octanol–water partition coefficient (Wildman–Crippen LogP) is 6.48. The molecule has 2 aliphatic carbocycles. The van der Waals surface area contributed by atoms with E-state index < -0.39 is 0 Å². The monoisotopic (exact) mass is 289 g/mol. The minimum Gasteiger partial charge on any atom is -0.198 e. The highest BCUT2D eigenvalue weighted by Gasteiger charge is 2.35. The fourth-order valence-electron chi connectivity index (χ4n) is 4.67. The molecule has 120 valence electrons. The van der Waals surface area contributed by atoms with Gasteiger partial charge in [0.25, 0.3) is 0 Å². The van der Waals surface area contributed by atoms with Gasteiger partial charge in [-0.15, -0.1) is 0 Å². The number of nitriles is 1. The summed E-state index contributed by atoms with van der Waals surface area (Å²) in [6.45, 7) is 4.46. The standard InChI is InChI=1S/C20H35N/c1-3-4-5-6-7-17-8-10-18(11-9-17)19-12-14-20(2,16-21)15-13-19/h17-19H,3-15H2,1-2H3. The Morgan fingerprint density at radius 3 is 2.10 bits per heavy atom. The lowest BCUT2D eigenvalue weighted by Gasteiger charge is -2.39. The molecule has 0 saturated heterocycles. The van der Waals surface area contributed by atoms with Crippen molar-refractivity contribution < 1.29 is 0 Å². The number of hydrogen-bond acceptors (Lipinski definition) is 1. The van der Waals surface area contributed by atoms with Crippen LogP contribution < -0.4 is 0 Å². The smallest absolute Gasteiger partial charge is 0.0686 e. The molecule has 0 N–H and O–H groups in total. The van der Waals surface area contributed by atoms with Crippen LogP contribution in [0.15, 0.2) is 0 Å². The van der Waals surface area contributed by atoms with E-state index in [-0.39, 0.29) is 5.41 Å². The van der Waals surface area contributed by atoms with Crippen LogP contribution in [-0.4, -0.2) is 0 Å². The zero-order valence-electron chi connectivity index (χ0n) is 14.4. The van der Waals surface area contributed by atoms with E-state index >= 15 is 0 Å². The molecule has 21 heavy (non-hydrogen) atoms.